The van der Waals surface area contributed by atoms with E-state index in [1.165, 1.54) is 12.1 Å². The zero-order chi connectivity index (χ0) is 24.1. The summed E-state index contributed by atoms with van der Waals surface area (Å²) in [5, 5.41) is 22.1. The number of benzene rings is 2. The lowest BCUT2D eigenvalue weighted by Gasteiger charge is -2.12. The first-order chi connectivity index (χ1) is 15.7. The van der Waals surface area contributed by atoms with E-state index >= 15 is 0 Å². The number of nitrogens with one attached hydrogen (secondary N) is 1. The fourth-order valence-electron chi connectivity index (χ4n) is 3.49. The van der Waals surface area contributed by atoms with Crippen molar-refractivity contribution in [1.29, 1.82) is 5.26 Å². The molecule has 1 unspecified atom stereocenters. The topological polar surface area (TPSA) is 87.3 Å². The Hall–Kier alpha value is -3.96. The van der Waals surface area contributed by atoms with Gasteiger partial charge in [0.25, 0.3) is 5.91 Å². The first-order valence-corrected chi connectivity index (χ1v) is 10.1. The number of halogens is 2. The van der Waals surface area contributed by atoms with Crippen molar-refractivity contribution in [3.8, 4) is 17.5 Å². The minimum absolute atomic E-state index is 0.111. The summed E-state index contributed by atoms with van der Waals surface area (Å²) in [7, 11) is 1.59. The second kappa shape index (κ2) is 10.1. The average molecular weight is 451 g/mol. The molecule has 1 heterocycles. The van der Waals surface area contributed by atoms with E-state index in [1.807, 2.05) is 54.8 Å². The molecule has 0 saturated heterocycles. The number of methoxy groups -OCH3 is 1. The van der Waals surface area contributed by atoms with Crippen molar-refractivity contribution in [2.24, 2.45) is 0 Å². The van der Waals surface area contributed by atoms with Gasteiger partial charge in [-0.3, -0.25) is 4.79 Å². The normalized spacial score (nSPS) is 12.2. The predicted molar refractivity (Wildman–Crippen MR) is 120 cm³/mol. The molecule has 33 heavy (non-hydrogen) atoms. The van der Waals surface area contributed by atoms with Gasteiger partial charge in [-0.25, -0.2) is 8.78 Å². The van der Waals surface area contributed by atoms with Crippen LogP contribution in [0, 0.1) is 36.8 Å². The smallest absolute Gasteiger partial charge is 0.262 e. The number of nitrogens with zero attached hydrogens (tertiary/aromatic N) is 2. The number of amides is 1. The van der Waals surface area contributed by atoms with Crippen LogP contribution in [0.5, 0.6) is 5.75 Å². The van der Waals surface area contributed by atoms with Crippen LogP contribution in [0.15, 0.2) is 54.1 Å². The number of carbonyl (C=O) groups excluding carboxylic acids is 1. The Morgan fingerprint density at radius 3 is 2.48 bits per heavy atom. The van der Waals surface area contributed by atoms with Gasteiger partial charge in [-0.15, -0.1) is 0 Å². The summed E-state index contributed by atoms with van der Waals surface area (Å²) in [5.41, 5.74) is 3.30. The molecule has 170 valence electrons. The Morgan fingerprint density at radius 1 is 1.18 bits per heavy atom. The van der Waals surface area contributed by atoms with Crippen LogP contribution in [0.25, 0.3) is 11.8 Å². The van der Waals surface area contributed by atoms with E-state index in [2.05, 4.69) is 5.32 Å². The van der Waals surface area contributed by atoms with Crippen LogP contribution >= 0.6 is 0 Å². The molecule has 0 fully saturated rings. The van der Waals surface area contributed by atoms with Crippen molar-refractivity contribution in [3.63, 3.8) is 0 Å². The lowest BCUT2D eigenvalue weighted by Crippen LogP contribution is -2.29. The zero-order valence-electron chi connectivity index (χ0n) is 18.4. The Balaban J connectivity index is 1.77. The summed E-state index contributed by atoms with van der Waals surface area (Å²) in [6.45, 7) is 3.52. The Kier molecular flexibility index (Phi) is 7.26. The fraction of sp³-hybridized carbons (Fsp3) is 0.200. The van der Waals surface area contributed by atoms with Gasteiger partial charge < -0.3 is 19.7 Å². The molecule has 0 aliphatic rings. The average Bonchev–Trinajstić information content (AvgIpc) is 3.09. The number of rotatable bonds is 7. The van der Waals surface area contributed by atoms with Gasteiger partial charge in [-0.05, 0) is 73.5 Å². The molecule has 6 nitrogen and oxygen atoms in total. The van der Waals surface area contributed by atoms with Crippen LogP contribution in [-0.2, 0) is 4.79 Å². The third-order valence-electron chi connectivity index (χ3n) is 5.25. The van der Waals surface area contributed by atoms with Crippen LogP contribution in [0.4, 0.5) is 8.78 Å². The molecule has 0 bridgehead atoms. The third-order valence-corrected chi connectivity index (χ3v) is 5.25. The Bertz CT molecular complexity index is 1240. The summed E-state index contributed by atoms with van der Waals surface area (Å²) in [4.78, 5) is 12.5. The summed E-state index contributed by atoms with van der Waals surface area (Å²) < 4.78 is 33.6. The molecule has 1 atom stereocenters. The van der Waals surface area contributed by atoms with E-state index in [0.717, 1.165) is 35.0 Å². The lowest BCUT2D eigenvalue weighted by molar-refractivity contribution is -0.117. The maximum Gasteiger partial charge on any atom is 0.262 e. The fourth-order valence-corrected chi connectivity index (χ4v) is 3.49. The highest BCUT2D eigenvalue weighted by atomic mass is 19.2. The van der Waals surface area contributed by atoms with Crippen LogP contribution in [-0.4, -0.2) is 29.2 Å². The van der Waals surface area contributed by atoms with Crippen LogP contribution < -0.4 is 10.1 Å². The number of ether oxygens (including phenoxy) is 1. The van der Waals surface area contributed by atoms with Gasteiger partial charge in [0, 0.05) is 23.6 Å². The van der Waals surface area contributed by atoms with Crippen molar-refractivity contribution < 1.29 is 23.4 Å². The van der Waals surface area contributed by atoms with E-state index in [1.54, 1.807) is 7.11 Å². The predicted octanol–water partition coefficient (Wildman–Crippen LogP) is 4.14. The van der Waals surface area contributed by atoms with Gasteiger partial charge in [-0.1, -0.05) is 6.07 Å². The van der Waals surface area contributed by atoms with E-state index in [-0.39, 0.29) is 17.7 Å². The molecule has 0 aliphatic heterocycles. The molecule has 0 spiro atoms. The van der Waals surface area contributed by atoms with Crippen LogP contribution in [0.3, 0.4) is 0 Å². The molecule has 1 aromatic heterocycles. The SMILES string of the molecule is COc1ccc(-n2c(C)cc(/C=C(/C#N)C(=O)NCC(O)c3ccc(F)c(F)c3)c2C)cc1. The van der Waals surface area contributed by atoms with E-state index in [0.29, 0.717) is 5.56 Å². The van der Waals surface area contributed by atoms with Gasteiger partial charge in [-0.2, -0.15) is 5.26 Å². The molecular formula is C25H23F2N3O3. The van der Waals surface area contributed by atoms with E-state index < -0.39 is 23.6 Å². The molecule has 0 saturated carbocycles. The molecule has 0 aliphatic carbocycles. The highest BCUT2D eigenvalue weighted by Gasteiger charge is 2.16. The minimum Gasteiger partial charge on any atom is -0.497 e. The van der Waals surface area contributed by atoms with Crippen molar-refractivity contribution >= 4 is 12.0 Å². The van der Waals surface area contributed by atoms with Crippen molar-refractivity contribution in [1.82, 2.24) is 9.88 Å². The van der Waals surface area contributed by atoms with Crippen LogP contribution in [0.2, 0.25) is 0 Å². The number of aryl methyl sites for hydroxylation is 1. The molecule has 3 aromatic rings. The molecular weight excluding hydrogens is 428 g/mol. The Morgan fingerprint density at radius 2 is 1.88 bits per heavy atom. The summed E-state index contributed by atoms with van der Waals surface area (Å²) in [6, 6.07) is 14.2. The molecule has 3 rings (SSSR count). The number of aliphatic hydroxyl groups excluding tert-OH is 1. The largest absolute Gasteiger partial charge is 0.497 e. The highest BCUT2D eigenvalue weighted by molar-refractivity contribution is 6.01. The standard InChI is InChI=1S/C25H23F2N3O3/c1-15-10-18(16(2)30(15)20-5-7-21(33-3)8-6-20)11-19(13-28)25(32)29-14-24(31)17-4-9-22(26)23(27)12-17/h4-12,24,31H,14H2,1-3H3,(H,29,32)/b19-11-. The molecule has 8 heteroatoms. The number of aromatic nitrogens is 1. The van der Waals surface area contributed by atoms with Crippen molar-refractivity contribution in [2.75, 3.05) is 13.7 Å². The molecule has 2 aromatic carbocycles. The minimum atomic E-state index is -1.26. The molecule has 0 radical (unpaired) electrons. The van der Waals surface area contributed by atoms with Crippen molar-refractivity contribution in [2.45, 2.75) is 20.0 Å². The van der Waals surface area contributed by atoms with Gasteiger partial charge in [0.05, 0.1) is 13.2 Å². The van der Waals surface area contributed by atoms with Crippen LogP contribution in [0.1, 0.15) is 28.6 Å². The number of nitriles is 1. The molecule has 2 N–H and O–H groups in total. The number of aliphatic hydroxyl groups is 1. The van der Waals surface area contributed by atoms with E-state index in [9.17, 15) is 23.9 Å². The second-order valence-corrected chi connectivity index (χ2v) is 7.43. The monoisotopic (exact) mass is 451 g/mol. The zero-order valence-corrected chi connectivity index (χ0v) is 18.4. The summed E-state index contributed by atoms with van der Waals surface area (Å²) >= 11 is 0. The third kappa shape index (κ3) is 5.27. The van der Waals surface area contributed by atoms with Gasteiger partial charge in [0.1, 0.15) is 17.4 Å². The van der Waals surface area contributed by atoms with Crippen molar-refractivity contribution in [3.05, 3.63) is 88.3 Å². The van der Waals surface area contributed by atoms with Gasteiger partial charge in [0.15, 0.2) is 11.6 Å². The highest BCUT2D eigenvalue weighted by Crippen LogP contribution is 2.24. The Labute approximate surface area is 190 Å². The van der Waals surface area contributed by atoms with Gasteiger partial charge >= 0.3 is 0 Å². The summed E-state index contributed by atoms with van der Waals surface area (Å²) in [6.07, 6.45) is 0.214. The number of hydrogen-bond acceptors (Lipinski definition) is 4. The first kappa shape index (κ1) is 23.7. The number of carbonyl (C=O) groups is 1. The maximum atomic E-state index is 13.4. The quantitative estimate of drug-likeness (QED) is 0.418. The molecule has 1 amide bonds. The maximum absolute atomic E-state index is 13.4. The number of hydrogen-bond donors (Lipinski definition) is 2. The van der Waals surface area contributed by atoms with E-state index in [4.69, 9.17) is 4.74 Å². The van der Waals surface area contributed by atoms with Gasteiger partial charge in [0.2, 0.25) is 0 Å². The summed E-state index contributed by atoms with van der Waals surface area (Å²) in [5.74, 6) is -2.08. The second-order valence-electron chi connectivity index (χ2n) is 7.43. The first-order valence-electron chi connectivity index (χ1n) is 10.1. The lowest BCUT2D eigenvalue weighted by atomic mass is 10.1.